The van der Waals surface area contributed by atoms with Gasteiger partial charge in [-0.15, -0.1) is 10.8 Å². The second kappa shape index (κ2) is 4.15. The van der Waals surface area contributed by atoms with Gasteiger partial charge in [0.05, 0.1) is 0 Å². The van der Waals surface area contributed by atoms with E-state index in [-0.39, 0.29) is 0 Å². The molecule has 0 saturated heterocycles. The summed E-state index contributed by atoms with van der Waals surface area (Å²) in [4.78, 5) is 1.97. The lowest BCUT2D eigenvalue weighted by Crippen LogP contribution is -2.28. The topological polar surface area (TPSA) is 55.7 Å². The molecule has 10 heavy (non-hydrogen) atoms. The van der Waals surface area contributed by atoms with Crippen LogP contribution in [0.1, 0.15) is 0 Å². The van der Waals surface area contributed by atoms with Crippen molar-refractivity contribution in [1.29, 1.82) is 0 Å². The van der Waals surface area contributed by atoms with Crippen LogP contribution in [0.4, 0.5) is 0 Å². The van der Waals surface area contributed by atoms with E-state index in [1.807, 2.05) is 19.0 Å². The first-order chi connectivity index (χ1) is 4.42. The minimum absolute atomic E-state index is 0.603. The summed E-state index contributed by atoms with van der Waals surface area (Å²) in [7, 11) is 1.37. The zero-order valence-corrected chi connectivity index (χ0v) is 7.48. The average molecular weight is 168 g/mol. The van der Waals surface area contributed by atoms with E-state index < -0.39 is 10.8 Å². The molecule has 0 aliphatic rings. The summed E-state index contributed by atoms with van der Waals surface area (Å²) in [5.74, 6) is 0. The first-order valence-electron chi connectivity index (χ1n) is 3.04. The van der Waals surface area contributed by atoms with Crippen molar-refractivity contribution in [3.8, 4) is 0 Å². The summed E-state index contributed by atoms with van der Waals surface area (Å²) in [6, 6.07) is 0. The predicted molar refractivity (Wildman–Crippen MR) is 45.3 cm³/mol. The Morgan fingerprint density at radius 3 is 2.20 bits per heavy atom. The van der Waals surface area contributed by atoms with E-state index in [9.17, 15) is 0 Å². The fraction of sp³-hybridized carbons (Fsp3) is 1.00. The number of nitrogens with one attached hydrogen (secondary N) is 1. The van der Waals surface area contributed by atoms with Crippen LogP contribution < -0.4 is 4.72 Å². The summed E-state index contributed by atoms with van der Waals surface area (Å²) in [5, 5.41) is 0. The molecular weight excluding hydrogens is 152 g/mol. The Morgan fingerprint density at radius 1 is 1.40 bits per heavy atom. The molecule has 0 atom stereocenters. The van der Waals surface area contributed by atoms with Gasteiger partial charge in [-0.25, -0.2) is 4.72 Å². The van der Waals surface area contributed by atoms with Gasteiger partial charge in [0.1, 0.15) is 0 Å². The molecule has 0 saturated carbocycles. The molecule has 0 aromatic heterocycles. The SMILES string of the molecule is CN(C)CCNS(C)(O)O. The molecule has 0 bridgehead atoms. The van der Waals surface area contributed by atoms with Crippen LogP contribution in [-0.2, 0) is 0 Å². The number of hydrogen-bond acceptors (Lipinski definition) is 4. The van der Waals surface area contributed by atoms with Crippen molar-refractivity contribution in [2.75, 3.05) is 33.4 Å². The highest BCUT2D eigenvalue weighted by Crippen LogP contribution is 2.25. The normalized spacial score (nSPS) is 14.2. The first kappa shape index (κ1) is 10.2. The average Bonchev–Trinajstić information content (AvgIpc) is 1.59. The van der Waals surface area contributed by atoms with Crippen LogP contribution in [0.15, 0.2) is 0 Å². The Labute approximate surface area is 63.7 Å². The molecule has 0 spiro atoms. The van der Waals surface area contributed by atoms with Crippen LogP contribution in [0.3, 0.4) is 0 Å². The highest BCUT2D eigenvalue weighted by Gasteiger charge is 2.00. The molecule has 0 radical (unpaired) electrons. The van der Waals surface area contributed by atoms with E-state index in [0.717, 1.165) is 6.54 Å². The molecular formula is C5H16N2O2S. The van der Waals surface area contributed by atoms with Gasteiger partial charge in [-0.05, 0) is 14.1 Å². The fourth-order valence-electron chi connectivity index (χ4n) is 0.463. The third-order valence-corrected chi connectivity index (χ3v) is 1.69. The predicted octanol–water partition coefficient (Wildman–Crippen LogP) is 0.433. The van der Waals surface area contributed by atoms with Crippen LogP contribution in [0.25, 0.3) is 0 Å². The van der Waals surface area contributed by atoms with Crippen molar-refractivity contribution in [2.45, 2.75) is 0 Å². The van der Waals surface area contributed by atoms with Crippen molar-refractivity contribution < 1.29 is 9.11 Å². The monoisotopic (exact) mass is 168 g/mol. The molecule has 0 rings (SSSR count). The molecule has 0 amide bonds. The van der Waals surface area contributed by atoms with Crippen LogP contribution in [0, 0.1) is 0 Å². The van der Waals surface area contributed by atoms with Gasteiger partial charge >= 0.3 is 0 Å². The lowest BCUT2D eigenvalue weighted by Gasteiger charge is -2.28. The second-order valence-corrected chi connectivity index (χ2v) is 4.49. The Balaban J connectivity index is 3.21. The van der Waals surface area contributed by atoms with Gasteiger partial charge in [-0.1, -0.05) is 0 Å². The van der Waals surface area contributed by atoms with E-state index in [1.54, 1.807) is 0 Å². The van der Waals surface area contributed by atoms with Gasteiger partial charge in [-0.3, -0.25) is 9.11 Å². The molecule has 64 valence electrons. The van der Waals surface area contributed by atoms with Crippen LogP contribution in [0.2, 0.25) is 0 Å². The lowest BCUT2D eigenvalue weighted by atomic mass is 10.6. The Morgan fingerprint density at radius 2 is 1.90 bits per heavy atom. The zero-order chi connectivity index (χ0) is 8.20. The molecule has 0 fully saturated rings. The highest BCUT2D eigenvalue weighted by molar-refractivity contribution is 8.22. The van der Waals surface area contributed by atoms with Crippen molar-refractivity contribution in [3.05, 3.63) is 0 Å². The van der Waals surface area contributed by atoms with Crippen LogP contribution in [-0.4, -0.2) is 47.4 Å². The molecule has 0 aromatic rings. The molecule has 0 heterocycles. The second-order valence-electron chi connectivity index (χ2n) is 2.53. The minimum atomic E-state index is -2.50. The van der Waals surface area contributed by atoms with E-state index in [0.29, 0.717) is 6.54 Å². The van der Waals surface area contributed by atoms with Crippen LogP contribution in [0.5, 0.6) is 0 Å². The Kier molecular flexibility index (Phi) is 4.23. The fourth-order valence-corrected chi connectivity index (χ4v) is 0.941. The maximum Gasteiger partial charge on any atom is 0.0416 e. The third-order valence-electron chi connectivity index (χ3n) is 0.935. The molecule has 0 unspecified atom stereocenters. The lowest BCUT2D eigenvalue weighted by molar-refractivity contribution is 0.404. The maximum absolute atomic E-state index is 8.84. The van der Waals surface area contributed by atoms with E-state index in [2.05, 4.69) is 4.72 Å². The number of likely N-dealkylation sites (N-methyl/N-ethyl adjacent to an activating group) is 1. The molecule has 0 aromatic carbocycles. The summed E-state index contributed by atoms with van der Waals surface area (Å²) in [5.41, 5.74) is 0. The summed E-state index contributed by atoms with van der Waals surface area (Å²) in [6.45, 7) is 1.41. The zero-order valence-electron chi connectivity index (χ0n) is 6.66. The first-order valence-corrected chi connectivity index (χ1v) is 5.00. The van der Waals surface area contributed by atoms with Gasteiger partial charge < -0.3 is 4.90 Å². The Bertz CT molecular complexity index is 92.1. The smallest absolute Gasteiger partial charge is 0.0416 e. The largest absolute Gasteiger partial charge is 0.308 e. The molecule has 4 nitrogen and oxygen atoms in total. The molecule has 5 heteroatoms. The van der Waals surface area contributed by atoms with E-state index >= 15 is 0 Å². The highest BCUT2D eigenvalue weighted by atomic mass is 32.3. The third kappa shape index (κ3) is 8.19. The van der Waals surface area contributed by atoms with E-state index in [1.165, 1.54) is 6.26 Å². The van der Waals surface area contributed by atoms with Gasteiger partial charge in [0, 0.05) is 19.3 Å². The summed E-state index contributed by atoms with van der Waals surface area (Å²) >= 11 is 0. The standard InChI is InChI=1S/C5H16N2O2S/c1-7(2)5-4-6-10(3,8)9/h6,8-9H,4-5H2,1-3H3. The molecule has 0 aliphatic carbocycles. The van der Waals surface area contributed by atoms with Crippen molar-refractivity contribution in [2.24, 2.45) is 0 Å². The summed E-state index contributed by atoms with van der Waals surface area (Å²) in [6.07, 6.45) is 1.38. The van der Waals surface area contributed by atoms with Crippen molar-refractivity contribution in [3.63, 3.8) is 0 Å². The molecule has 0 aliphatic heterocycles. The summed E-state index contributed by atoms with van der Waals surface area (Å²) < 4.78 is 20.3. The number of nitrogens with zero attached hydrogens (tertiary/aromatic N) is 1. The van der Waals surface area contributed by atoms with Gasteiger partial charge in [-0.2, -0.15) is 0 Å². The van der Waals surface area contributed by atoms with Crippen LogP contribution >= 0.6 is 10.8 Å². The van der Waals surface area contributed by atoms with Gasteiger partial charge in [0.2, 0.25) is 0 Å². The molecule has 3 N–H and O–H groups in total. The van der Waals surface area contributed by atoms with Crippen molar-refractivity contribution >= 4 is 10.8 Å². The number of rotatable bonds is 4. The number of hydrogen-bond donors (Lipinski definition) is 3. The van der Waals surface area contributed by atoms with Gasteiger partial charge in [0.25, 0.3) is 0 Å². The van der Waals surface area contributed by atoms with Crippen molar-refractivity contribution in [1.82, 2.24) is 9.62 Å². The van der Waals surface area contributed by atoms with Gasteiger partial charge in [0.15, 0.2) is 0 Å². The van der Waals surface area contributed by atoms with E-state index in [4.69, 9.17) is 9.11 Å². The quantitative estimate of drug-likeness (QED) is 0.570. The maximum atomic E-state index is 8.84. The Hall–Kier alpha value is 0.190. The minimum Gasteiger partial charge on any atom is -0.308 e.